The number of nitrogens with zero attached hydrogens (tertiary/aromatic N) is 2. The van der Waals surface area contributed by atoms with Gasteiger partial charge in [-0.05, 0) is 30.4 Å². The smallest absolute Gasteiger partial charge is 0.137 e. The zero-order valence-corrected chi connectivity index (χ0v) is 13.0. The summed E-state index contributed by atoms with van der Waals surface area (Å²) in [6.07, 6.45) is 3.41. The first-order valence-corrected chi connectivity index (χ1v) is 7.28. The average molecular weight is 278 g/mol. The highest BCUT2D eigenvalue weighted by Gasteiger charge is 2.42. The van der Waals surface area contributed by atoms with E-state index in [0.29, 0.717) is 0 Å². The third-order valence-electron chi connectivity index (χ3n) is 4.50. The molecule has 1 saturated heterocycles. The van der Waals surface area contributed by atoms with Crippen LogP contribution in [0.5, 0.6) is 5.75 Å². The van der Waals surface area contributed by atoms with Crippen molar-refractivity contribution in [2.75, 3.05) is 20.2 Å². The SMILES string of the molecule is COc1ccc(CN2CCC(O)(C(C)(C)C)CC2)nc1. The first-order chi connectivity index (χ1) is 9.34. The van der Waals surface area contributed by atoms with Gasteiger partial charge in [0.1, 0.15) is 5.75 Å². The second-order valence-corrected chi connectivity index (χ2v) is 6.75. The van der Waals surface area contributed by atoms with Gasteiger partial charge in [0.25, 0.3) is 0 Å². The van der Waals surface area contributed by atoms with E-state index in [-0.39, 0.29) is 5.41 Å². The molecule has 1 aromatic rings. The Morgan fingerprint density at radius 1 is 1.30 bits per heavy atom. The highest BCUT2D eigenvalue weighted by atomic mass is 16.5. The maximum atomic E-state index is 10.7. The zero-order valence-electron chi connectivity index (χ0n) is 13.0. The Balaban J connectivity index is 1.91. The van der Waals surface area contributed by atoms with Crippen molar-refractivity contribution in [3.63, 3.8) is 0 Å². The molecule has 1 aromatic heterocycles. The number of aromatic nitrogens is 1. The van der Waals surface area contributed by atoms with E-state index in [2.05, 4.69) is 30.7 Å². The predicted octanol–water partition coefficient (Wildman–Crippen LogP) is 2.46. The van der Waals surface area contributed by atoms with Crippen LogP contribution in [0.3, 0.4) is 0 Å². The molecule has 0 unspecified atom stereocenters. The van der Waals surface area contributed by atoms with Crippen molar-refractivity contribution in [2.45, 2.75) is 45.8 Å². The van der Waals surface area contributed by atoms with Crippen LogP contribution in [0.1, 0.15) is 39.3 Å². The Morgan fingerprint density at radius 3 is 2.40 bits per heavy atom. The number of aliphatic hydroxyl groups is 1. The van der Waals surface area contributed by atoms with Crippen molar-refractivity contribution in [1.29, 1.82) is 0 Å². The lowest BCUT2D eigenvalue weighted by molar-refractivity contribution is -0.1000. The molecule has 4 nitrogen and oxygen atoms in total. The fourth-order valence-corrected chi connectivity index (χ4v) is 2.69. The summed E-state index contributed by atoms with van der Waals surface area (Å²) >= 11 is 0. The number of hydrogen-bond acceptors (Lipinski definition) is 4. The van der Waals surface area contributed by atoms with Gasteiger partial charge in [0, 0.05) is 19.6 Å². The Labute approximate surface area is 121 Å². The second kappa shape index (κ2) is 5.70. The van der Waals surface area contributed by atoms with Crippen molar-refractivity contribution in [2.24, 2.45) is 5.41 Å². The number of piperidine rings is 1. The number of hydrogen-bond donors (Lipinski definition) is 1. The van der Waals surface area contributed by atoms with Gasteiger partial charge in [-0.3, -0.25) is 9.88 Å². The molecule has 0 radical (unpaired) electrons. The minimum absolute atomic E-state index is 0.0581. The van der Waals surface area contributed by atoms with Gasteiger partial charge >= 0.3 is 0 Å². The molecule has 0 aromatic carbocycles. The monoisotopic (exact) mass is 278 g/mol. The minimum Gasteiger partial charge on any atom is -0.495 e. The molecule has 2 rings (SSSR count). The zero-order chi connectivity index (χ0) is 14.8. The van der Waals surface area contributed by atoms with Gasteiger partial charge in [-0.2, -0.15) is 0 Å². The van der Waals surface area contributed by atoms with Crippen LogP contribution in [0.15, 0.2) is 18.3 Å². The van der Waals surface area contributed by atoms with Crippen LogP contribution < -0.4 is 4.74 Å². The third-order valence-corrected chi connectivity index (χ3v) is 4.50. The number of pyridine rings is 1. The van der Waals surface area contributed by atoms with Crippen molar-refractivity contribution < 1.29 is 9.84 Å². The maximum Gasteiger partial charge on any atom is 0.137 e. The summed E-state index contributed by atoms with van der Waals surface area (Å²) in [4.78, 5) is 6.76. The molecular formula is C16H26N2O2. The molecular weight excluding hydrogens is 252 g/mol. The van der Waals surface area contributed by atoms with Crippen LogP contribution in [0.2, 0.25) is 0 Å². The van der Waals surface area contributed by atoms with Crippen molar-refractivity contribution in [3.05, 3.63) is 24.0 Å². The number of methoxy groups -OCH3 is 1. The molecule has 1 N–H and O–H groups in total. The van der Waals surface area contributed by atoms with Gasteiger partial charge in [-0.15, -0.1) is 0 Å². The molecule has 0 atom stereocenters. The molecule has 112 valence electrons. The number of likely N-dealkylation sites (tertiary alicyclic amines) is 1. The first-order valence-electron chi connectivity index (χ1n) is 7.28. The van der Waals surface area contributed by atoms with E-state index in [1.54, 1.807) is 13.3 Å². The fraction of sp³-hybridized carbons (Fsp3) is 0.688. The maximum absolute atomic E-state index is 10.7. The Morgan fingerprint density at radius 2 is 1.95 bits per heavy atom. The quantitative estimate of drug-likeness (QED) is 0.922. The van der Waals surface area contributed by atoms with Crippen molar-refractivity contribution in [1.82, 2.24) is 9.88 Å². The normalized spacial score (nSPS) is 19.9. The molecule has 20 heavy (non-hydrogen) atoms. The van der Waals surface area contributed by atoms with Gasteiger partial charge in [-0.1, -0.05) is 20.8 Å². The van der Waals surface area contributed by atoms with E-state index in [4.69, 9.17) is 4.74 Å². The first kappa shape index (κ1) is 15.3. The van der Waals surface area contributed by atoms with E-state index in [0.717, 1.165) is 43.9 Å². The molecule has 1 fully saturated rings. The van der Waals surface area contributed by atoms with Crippen LogP contribution in [-0.4, -0.2) is 40.8 Å². The van der Waals surface area contributed by atoms with Crippen molar-refractivity contribution >= 4 is 0 Å². The Hall–Kier alpha value is -1.13. The summed E-state index contributed by atoms with van der Waals surface area (Å²) in [5, 5.41) is 10.7. The largest absolute Gasteiger partial charge is 0.495 e. The Bertz CT molecular complexity index is 429. The lowest BCUT2D eigenvalue weighted by Crippen LogP contribution is -2.51. The fourth-order valence-electron chi connectivity index (χ4n) is 2.69. The highest BCUT2D eigenvalue weighted by Crippen LogP contribution is 2.38. The van der Waals surface area contributed by atoms with Crippen LogP contribution in [-0.2, 0) is 6.54 Å². The minimum atomic E-state index is -0.545. The lowest BCUT2D eigenvalue weighted by Gasteiger charge is -2.46. The molecule has 4 heteroatoms. The molecule has 2 heterocycles. The highest BCUT2D eigenvalue weighted by molar-refractivity contribution is 5.19. The second-order valence-electron chi connectivity index (χ2n) is 6.75. The van der Waals surface area contributed by atoms with Crippen molar-refractivity contribution in [3.8, 4) is 5.75 Å². The summed E-state index contributed by atoms with van der Waals surface area (Å²) in [6, 6.07) is 3.95. The average Bonchev–Trinajstić information content (AvgIpc) is 2.41. The van der Waals surface area contributed by atoms with Gasteiger partial charge < -0.3 is 9.84 Å². The summed E-state index contributed by atoms with van der Waals surface area (Å²) in [6.45, 7) is 9.03. The number of rotatable bonds is 3. The van der Waals surface area contributed by atoms with E-state index in [9.17, 15) is 5.11 Å². The summed E-state index contributed by atoms with van der Waals surface area (Å²) in [5.74, 6) is 0.787. The summed E-state index contributed by atoms with van der Waals surface area (Å²) < 4.78 is 5.11. The van der Waals surface area contributed by atoms with Gasteiger partial charge in [0.2, 0.25) is 0 Å². The summed E-state index contributed by atoms with van der Waals surface area (Å²) in [5.41, 5.74) is 0.445. The molecule has 1 aliphatic heterocycles. The molecule has 0 saturated carbocycles. The van der Waals surface area contributed by atoms with E-state index in [1.165, 1.54) is 0 Å². The lowest BCUT2D eigenvalue weighted by atomic mass is 9.71. The van der Waals surface area contributed by atoms with Crippen LogP contribution in [0.25, 0.3) is 0 Å². The molecule has 0 amide bonds. The van der Waals surface area contributed by atoms with Gasteiger partial charge in [-0.25, -0.2) is 0 Å². The topological polar surface area (TPSA) is 45.6 Å². The molecule has 0 spiro atoms. The van der Waals surface area contributed by atoms with Gasteiger partial charge in [0.05, 0.1) is 24.6 Å². The van der Waals surface area contributed by atoms with Crippen LogP contribution >= 0.6 is 0 Å². The van der Waals surface area contributed by atoms with Crippen LogP contribution in [0, 0.1) is 5.41 Å². The summed E-state index contributed by atoms with van der Waals surface area (Å²) in [7, 11) is 1.65. The standard InChI is InChI=1S/C16H26N2O2/c1-15(2,3)16(19)7-9-18(10-8-16)12-13-5-6-14(20-4)11-17-13/h5-6,11,19H,7-10,12H2,1-4H3. The van der Waals surface area contributed by atoms with Crippen LogP contribution in [0.4, 0.5) is 0 Å². The van der Waals surface area contributed by atoms with E-state index < -0.39 is 5.60 Å². The van der Waals surface area contributed by atoms with E-state index >= 15 is 0 Å². The molecule has 0 bridgehead atoms. The third kappa shape index (κ3) is 3.30. The van der Waals surface area contributed by atoms with E-state index in [1.807, 2.05) is 12.1 Å². The predicted molar refractivity (Wildman–Crippen MR) is 79.7 cm³/mol. The van der Waals surface area contributed by atoms with Gasteiger partial charge in [0.15, 0.2) is 0 Å². The Kier molecular flexibility index (Phi) is 4.35. The molecule has 1 aliphatic rings. The molecule has 0 aliphatic carbocycles. The number of ether oxygens (including phenoxy) is 1.